The molecule has 1 atom stereocenters. The largest absolute Gasteiger partial charge is 0.396 e. The minimum absolute atomic E-state index is 0.207. The van der Waals surface area contributed by atoms with Crippen molar-refractivity contribution in [2.75, 3.05) is 13.7 Å². The number of aliphatic hydroxyl groups is 1. The number of rotatable bonds is 6. The smallest absolute Gasteiger partial charge is 0.107 e. The van der Waals surface area contributed by atoms with Crippen molar-refractivity contribution in [3.8, 4) is 0 Å². The van der Waals surface area contributed by atoms with E-state index in [4.69, 9.17) is 4.98 Å². The molecule has 0 fully saturated rings. The Morgan fingerprint density at radius 2 is 2.10 bits per heavy atom. The zero-order valence-corrected chi connectivity index (χ0v) is 13.3. The van der Waals surface area contributed by atoms with Crippen molar-refractivity contribution in [3.63, 3.8) is 0 Å². The van der Waals surface area contributed by atoms with Gasteiger partial charge in [0.2, 0.25) is 0 Å². The average Bonchev–Trinajstić information content (AvgIpc) is 3.06. The summed E-state index contributed by atoms with van der Waals surface area (Å²) in [5.74, 6) is 0. The lowest BCUT2D eigenvalue weighted by molar-refractivity contribution is 0.180. The van der Waals surface area contributed by atoms with Gasteiger partial charge in [0.1, 0.15) is 5.01 Å². The van der Waals surface area contributed by atoms with Gasteiger partial charge in [0, 0.05) is 17.5 Å². The molecule has 1 aliphatic rings. The average molecular weight is 302 g/mol. The molecule has 0 amide bonds. The number of nitrogens with zero attached hydrogens (tertiary/aromatic N) is 2. The second-order valence-corrected chi connectivity index (χ2v) is 6.85. The number of benzene rings is 1. The van der Waals surface area contributed by atoms with E-state index in [2.05, 4.69) is 36.2 Å². The van der Waals surface area contributed by atoms with E-state index < -0.39 is 0 Å². The first kappa shape index (κ1) is 14.7. The van der Waals surface area contributed by atoms with Crippen molar-refractivity contribution in [1.29, 1.82) is 0 Å². The highest BCUT2D eigenvalue weighted by Gasteiger charge is 2.21. The fourth-order valence-corrected chi connectivity index (χ4v) is 4.29. The maximum Gasteiger partial charge on any atom is 0.107 e. The van der Waals surface area contributed by atoms with Crippen LogP contribution < -0.4 is 0 Å². The van der Waals surface area contributed by atoms with E-state index in [1.807, 2.05) is 17.4 Å². The topological polar surface area (TPSA) is 36.4 Å². The number of thiazole rings is 1. The summed E-state index contributed by atoms with van der Waals surface area (Å²) in [5.41, 5.74) is 2.58. The monoisotopic (exact) mass is 302 g/mol. The number of hydrogen-bond acceptors (Lipinski definition) is 4. The summed E-state index contributed by atoms with van der Waals surface area (Å²) in [4.78, 5) is 8.57. The Morgan fingerprint density at radius 1 is 1.29 bits per heavy atom. The van der Waals surface area contributed by atoms with E-state index in [1.165, 1.54) is 34.0 Å². The van der Waals surface area contributed by atoms with Gasteiger partial charge in [0.15, 0.2) is 0 Å². The number of hydrogen-bond donors (Lipinski definition) is 1. The minimum Gasteiger partial charge on any atom is -0.396 e. The zero-order chi connectivity index (χ0) is 14.7. The highest BCUT2D eigenvalue weighted by atomic mass is 32.1. The van der Waals surface area contributed by atoms with E-state index in [0.29, 0.717) is 0 Å². The predicted octanol–water partition coefficient (Wildman–Crippen LogP) is 3.19. The molecule has 1 N–H and O–H groups in total. The number of fused-ring (bicyclic) bond motifs is 1. The van der Waals surface area contributed by atoms with Crippen LogP contribution in [-0.4, -0.2) is 28.6 Å². The molecule has 21 heavy (non-hydrogen) atoms. The molecule has 0 bridgehead atoms. The standard InChI is InChI=1S/C17H22N2OS/c1-19(12-17-18-14-8-5-9-16(14)21-17)15(10-11-20)13-6-3-2-4-7-13/h2-4,6-7,15,20H,5,8-12H2,1H3. The lowest BCUT2D eigenvalue weighted by Crippen LogP contribution is -2.25. The van der Waals surface area contributed by atoms with Gasteiger partial charge in [-0.15, -0.1) is 11.3 Å². The molecule has 1 aliphatic carbocycles. The van der Waals surface area contributed by atoms with Crippen molar-refractivity contribution in [1.82, 2.24) is 9.88 Å². The van der Waals surface area contributed by atoms with E-state index in [-0.39, 0.29) is 12.6 Å². The van der Waals surface area contributed by atoms with Crippen LogP contribution in [0.5, 0.6) is 0 Å². The van der Waals surface area contributed by atoms with Gasteiger partial charge in [-0.3, -0.25) is 4.90 Å². The third kappa shape index (κ3) is 3.34. The van der Waals surface area contributed by atoms with Gasteiger partial charge in [0.05, 0.1) is 12.2 Å². The van der Waals surface area contributed by atoms with Crippen molar-refractivity contribution >= 4 is 11.3 Å². The second kappa shape index (κ2) is 6.69. The van der Waals surface area contributed by atoms with E-state index >= 15 is 0 Å². The summed E-state index contributed by atoms with van der Waals surface area (Å²) in [7, 11) is 2.12. The fraction of sp³-hybridized carbons (Fsp3) is 0.471. The summed E-state index contributed by atoms with van der Waals surface area (Å²) < 4.78 is 0. The number of aryl methyl sites for hydroxylation is 2. The summed E-state index contributed by atoms with van der Waals surface area (Å²) in [6.07, 6.45) is 4.37. The molecule has 4 heteroatoms. The van der Waals surface area contributed by atoms with Gasteiger partial charge in [-0.1, -0.05) is 30.3 Å². The van der Waals surface area contributed by atoms with Crippen LogP contribution in [0.2, 0.25) is 0 Å². The summed E-state index contributed by atoms with van der Waals surface area (Å²) in [6.45, 7) is 1.06. The molecular formula is C17H22N2OS. The Kier molecular flexibility index (Phi) is 4.68. The molecule has 0 saturated heterocycles. The van der Waals surface area contributed by atoms with E-state index in [0.717, 1.165) is 19.4 Å². The van der Waals surface area contributed by atoms with Crippen LogP contribution in [0, 0.1) is 0 Å². The lowest BCUT2D eigenvalue weighted by Gasteiger charge is -2.27. The first-order chi connectivity index (χ1) is 10.3. The quantitative estimate of drug-likeness (QED) is 0.890. The molecule has 1 aromatic heterocycles. The Labute approximate surface area is 130 Å². The van der Waals surface area contributed by atoms with Crippen LogP contribution in [-0.2, 0) is 19.4 Å². The number of aromatic nitrogens is 1. The Balaban J connectivity index is 1.73. The highest BCUT2D eigenvalue weighted by Crippen LogP contribution is 2.30. The van der Waals surface area contributed by atoms with Gasteiger partial charge in [-0.05, 0) is 38.3 Å². The molecule has 0 spiro atoms. The molecule has 0 radical (unpaired) electrons. The highest BCUT2D eigenvalue weighted by molar-refractivity contribution is 7.11. The SMILES string of the molecule is CN(Cc1nc2c(s1)CCC2)C(CCO)c1ccccc1. The first-order valence-corrected chi connectivity index (χ1v) is 8.43. The first-order valence-electron chi connectivity index (χ1n) is 7.61. The third-order valence-electron chi connectivity index (χ3n) is 4.14. The van der Waals surface area contributed by atoms with Crippen LogP contribution in [0.1, 0.15) is 40.0 Å². The summed E-state index contributed by atoms with van der Waals surface area (Å²) >= 11 is 1.87. The van der Waals surface area contributed by atoms with Crippen LogP contribution in [0.3, 0.4) is 0 Å². The van der Waals surface area contributed by atoms with Gasteiger partial charge in [-0.25, -0.2) is 4.98 Å². The zero-order valence-electron chi connectivity index (χ0n) is 12.5. The maximum absolute atomic E-state index is 9.37. The van der Waals surface area contributed by atoms with Gasteiger partial charge < -0.3 is 5.11 Å². The van der Waals surface area contributed by atoms with Crippen molar-refractivity contribution < 1.29 is 5.11 Å². The summed E-state index contributed by atoms with van der Waals surface area (Å²) in [5, 5.41) is 10.6. The van der Waals surface area contributed by atoms with Crippen LogP contribution in [0.4, 0.5) is 0 Å². The van der Waals surface area contributed by atoms with E-state index in [9.17, 15) is 5.11 Å². The van der Waals surface area contributed by atoms with Crippen LogP contribution >= 0.6 is 11.3 Å². The Hall–Kier alpha value is -1.23. The molecule has 1 unspecified atom stereocenters. The van der Waals surface area contributed by atoms with Crippen molar-refractivity contribution in [3.05, 3.63) is 51.5 Å². The van der Waals surface area contributed by atoms with Gasteiger partial charge in [-0.2, -0.15) is 0 Å². The molecular weight excluding hydrogens is 280 g/mol. The lowest BCUT2D eigenvalue weighted by atomic mass is 10.0. The molecule has 3 rings (SSSR count). The van der Waals surface area contributed by atoms with E-state index in [1.54, 1.807) is 0 Å². The van der Waals surface area contributed by atoms with Gasteiger partial charge >= 0.3 is 0 Å². The van der Waals surface area contributed by atoms with Crippen LogP contribution in [0.25, 0.3) is 0 Å². The number of aliphatic hydroxyl groups excluding tert-OH is 1. The molecule has 1 aromatic carbocycles. The molecule has 112 valence electrons. The maximum atomic E-state index is 9.37. The molecule has 1 heterocycles. The normalized spacial score (nSPS) is 15.4. The van der Waals surface area contributed by atoms with Gasteiger partial charge in [0.25, 0.3) is 0 Å². The van der Waals surface area contributed by atoms with Crippen molar-refractivity contribution in [2.24, 2.45) is 0 Å². The Bertz CT molecular complexity index is 560. The third-order valence-corrected chi connectivity index (χ3v) is 5.29. The summed E-state index contributed by atoms with van der Waals surface area (Å²) in [6, 6.07) is 10.7. The molecule has 0 aliphatic heterocycles. The Morgan fingerprint density at radius 3 is 2.81 bits per heavy atom. The second-order valence-electron chi connectivity index (χ2n) is 5.68. The molecule has 2 aromatic rings. The van der Waals surface area contributed by atoms with Crippen LogP contribution in [0.15, 0.2) is 30.3 Å². The predicted molar refractivity (Wildman–Crippen MR) is 86.5 cm³/mol. The minimum atomic E-state index is 0.207. The molecule has 3 nitrogen and oxygen atoms in total. The fourth-order valence-electron chi connectivity index (χ4n) is 3.07. The molecule has 0 saturated carbocycles. The van der Waals surface area contributed by atoms with Crippen molar-refractivity contribution in [2.45, 2.75) is 38.3 Å².